The van der Waals surface area contributed by atoms with E-state index in [1.54, 1.807) is 6.92 Å². The third kappa shape index (κ3) is 1.09. The number of aryl methyl sites for hydroxylation is 1. The Bertz CT molecular complexity index is 360. The van der Waals surface area contributed by atoms with E-state index in [1.807, 2.05) is 13.0 Å². The molecule has 0 bridgehead atoms. The van der Waals surface area contributed by atoms with Crippen molar-refractivity contribution < 1.29 is 0 Å². The van der Waals surface area contributed by atoms with Crippen LogP contribution in [0.25, 0.3) is 0 Å². The number of nitrogens with one attached hydrogen (secondary N) is 1. The zero-order valence-electron chi connectivity index (χ0n) is 6.87. The first-order valence-electron chi connectivity index (χ1n) is 3.62. The summed E-state index contributed by atoms with van der Waals surface area (Å²) in [4.78, 5) is 0. The molecule has 1 N–H and O–H groups in total. The van der Waals surface area contributed by atoms with E-state index in [0.29, 0.717) is 11.7 Å². The van der Waals surface area contributed by atoms with E-state index >= 15 is 0 Å². The SMILES string of the molecule is CC1=NN=C(c2cc(C)[nH]n2)[N]1. The molecule has 1 aliphatic rings. The lowest BCUT2D eigenvalue weighted by Crippen LogP contribution is -2.16. The predicted octanol–water partition coefficient (Wildman–Crippen LogP) is 0.416. The molecule has 0 amide bonds. The Kier molecular flexibility index (Phi) is 1.43. The summed E-state index contributed by atoms with van der Waals surface area (Å²) in [7, 11) is 0. The number of rotatable bonds is 1. The Morgan fingerprint density at radius 1 is 1.25 bits per heavy atom. The highest BCUT2D eigenvalue weighted by molar-refractivity contribution is 6.09. The van der Waals surface area contributed by atoms with E-state index in [0.717, 1.165) is 11.4 Å². The molecule has 0 fully saturated rings. The molecular weight excluding hydrogens is 154 g/mol. The van der Waals surface area contributed by atoms with E-state index in [2.05, 4.69) is 25.7 Å². The number of nitrogens with zero attached hydrogens (tertiary/aromatic N) is 4. The summed E-state index contributed by atoms with van der Waals surface area (Å²) in [6, 6.07) is 1.89. The van der Waals surface area contributed by atoms with Crippen LogP contribution in [0.2, 0.25) is 0 Å². The van der Waals surface area contributed by atoms with Gasteiger partial charge in [0.25, 0.3) is 0 Å². The molecule has 1 radical (unpaired) electrons. The van der Waals surface area contributed by atoms with Gasteiger partial charge in [-0.2, -0.15) is 5.10 Å². The van der Waals surface area contributed by atoms with Crippen LogP contribution in [0, 0.1) is 6.92 Å². The Hall–Kier alpha value is -1.65. The second-order valence-corrected chi connectivity index (χ2v) is 2.62. The summed E-state index contributed by atoms with van der Waals surface area (Å²) < 4.78 is 0. The van der Waals surface area contributed by atoms with Gasteiger partial charge in [0, 0.05) is 5.69 Å². The summed E-state index contributed by atoms with van der Waals surface area (Å²) in [6.07, 6.45) is 0. The van der Waals surface area contributed by atoms with Gasteiger partial charge in [0.05, 0.1) is 0 Å². The van der Waals surface area contributed by atoms with E-state index < -0.39 is 0 Å². The van der Waals surface area contributed by atoms with Crippen molar-refractivity contribution in [3.05, 3.63) is 17.5 Å². The molecule has 0 aromatic carbocycles. The van der Waals surface area contributed by atoms with Gasteiger partial charge in [-0.05, 0) is 19.9 Å². The molecule has 0 aliphatic carbocycles. The van der Waals surface area contributed by atoms with Crippen LogP contribution in [-0.2, 0) is 0 Å². The topological polar surface area (TPSA) is 67.5 Å². The van der Waals surface area contributed by atoms with Gasteiger partial charge in [0.1, 0.15) is 5.69 Å². The second kappa shape index (κ2) is 2.44. The highest BCUT2D eigenvalue weighted by atomic mass is 15.4. The molecule has 2 heterocycles. The Morgan fingerprint density at radius 3 is 2.58 bits per heavy atom. The van der Waals surface area contributed by atoms with Crippen molar-refractivity contribution in [2.45, 2.75) is 13.8 Å². The van der Waals surface area contributed by atoms with Gasteiger partial charge in [0.15, 0.2) is 5.84 Å². The van der Waals surface area contributed by atoms with Gasteiger partial charge in [-0.25, -0.2) is 5.32 Å². The van der Waals surface area contributed by atoms with Gasteiger partial charge in [-0.1, -0.05) is 0 Å². The largest absolute Gasteiger partial charge is 0.282 e. The molecule has 1 aromatic heterocycles. The normalized spacial score (nSPS) is 15.5. The van der Waals surface area contributed by atoms with Crippen molar-refractivity contribution in [2.75, 3.05) is 0 Å². The van der Waals surface area contributed by atoms with Crippen LogP contribution in [0.5, 0.6) is 0 Å². The van der Waals surface area contributed by atoms with Gasteiger partial charge in [0.2, 0.25) is 5.84 Å². The minimum Gasteiger partial charge on any atom is -0.282 e. The second-order valence-electron chi connectivity index (χ2n) is 2.62. The molecule has 0 spiro atoms. The minimum atomic E-state index is 0.580. The lowest BCUT2D eigenvalue weighted by atomic mass is 10.3. The Balaban J connectivity index is 2.24. The maximum atomic E-state index is 4.09. The first-order valence-corrected chi connectivity index (χ1v) is 3.62. The molecule has 5 nitrogen and oxygen atoms in total. The first kappa shape index (κ1) is 7.02. The van der Waals surface area contributed by atoms with Crippen molar-refractivity contribution in [1.29, 1.82) is 0 Å². The molecule has 2 rings (SSSR count). The maximum Gasteiger partial charge on any atom is 0.204 e. The van der Waals surface area contributed by atoms with E-state index in [4.69, 9.17) is 0 Å². The molecule has 5 heteroatoms. The van der Waals surface area contributed by atoms with Crippen LogP contribution in [0.4, 0.5) is 0 Å². The third-order valence-corrected chi connectivity index (χ3v) is 1.49. The highest BCUT2D eigenvalue weighted by Crippen LogP contribution is 2.03. The number of aromatic nitrogens is 2. The average Bonchev–Trinajstić information content (AvgIpc) is 2.58. The molecule has 0 saturated carbocycles. The van der Waals surface area contributed by atoms with Crippen molar-refractivity contribution in [2.24, 2.45) is 10.2 Å². The molecule has 0 saturated heterocycles. The maximum absolute atomic E-state index is 4.09. The fourth-order valence-electron chi connectivity index (χ4n) is 0.959. The number of hydrogen-bond donors (Lipinski definition) is 1. The third-order valence-electron chi connectivity index (χ3n) is 1.49. The molecule has 1 aliphatic heterocycles. The molecular formula is C7H8N5. The number of H-pyrrole nitrogens is 1. The summed E-state index contributed by atoms with van der Waals surface area (Å²) >= 11 is 0. The van der Waals surface area contributed by atoms with Crippen molar-refractivity contribution in [1.82, 2.24) is 15.5 Å². The van der Waals surface area contributed by atoms with E-state index in [1.165, 1.54) is 0 Å². The van der Waals surface area contributed by atoms with Crippen LogP contribution >= 0.6 is 0 Å². The summed E-state index contributed by atoms with van der Waals surface area (Å²) in [5.41, 5.74) is 1.74. The van der Waals surface area contributed by atoms with Gasteiger partial charge in [-0.3, -0.25) is 5.10 Å². The zero-order chi connectivity index (χ0) is 8.55. The van der Waals surface area contributed by atoms with Gasteiger partial charge >= 0.3 is 0 Å². The summed E-state index contributed by atoms with van der Waals surface area (Å²) in [5, 5.41) is 18.6. The first-order chi connectivity index (χ1) is 5.75. The van der Waals surface area contributed by atoms with Crippen LogP contribution in [0.3, 0.4) is 0 Å². The Morgan fingerprint density at radius 2 is 2.08 bits per heavy atom. The number of amidine groups is 2. The van der Waals surface area contributed by atoms with Crippen molar-refractivity contribution in [3.63, 3.8) is 0 Å². The molecule has 1 aromatic rings. The smallest absolute Gasteiger partial charge is 0.204 e. The molecule has 61 valence electrons. The van der Waals surface area contributed by atoms with Crippen LogP contribution < -0.4 is 5.32 Å². The minimum absolute atomic E-state index is 0.580. The van der Waals surface area contributed by atoms with Crippen LogP contribution in [0.1, 0.15) is 18.3 Å². The van der Waals surface area contributed by atoms with Crippen LogP contribution in [-0.4, -0.2) is 21.9 Å². The Labute approximate surface area is 69.6 Å². The fourth-order valence-corrected chi connectivity index (χ4v) is 0.959. The standard InChI is InChI=1S/C7H8N5/c1-4-3-6(11-9-4)7-8-5(2)10-12-7/h3H,1-2H3,(H,9,11). The van der Waals surface area contributed by atoms with Gasteiger partial charge in [-0.15, -0.1) is 10.2 Å². The summed E-state index contributed by atoms with van der Waals surface area (Å²) in [5.74, 6) is 1.25. The molecule has 12 heavy (non-hydrogen) atoms. The van der Waals surface area contributed by atoms with Crippen molar-refractivity contribution >= 4 is 11.7 Å². The lowest BCUT2D eigenvalue weighted by molar-refractivity contribution is 1.03. The lowest BCUT2D eigenvalue weighted by Gasteiger charge is -1.90. The molecule has 0 atom stereocenters. The average molecular weight is 162 g/mol. The van der Waals surface area contributed by atoms with E-state index in [9.17, 15) is 0 Å². The quantitative estimate of drug-likeness (QED) is 0.638. The number of aromatic amines is 1. The van der Waals surface area contributed by atoms with E-state index in [-0.39, 0.29) is 0 Å². The fraction of sp³-hybridized carbons (Fsp3) is 0.286. The van der Waals surface area contributed by atoms with Crippen LogP contribution in [0.15, 0.2) is 16.3 Å². The predicted molar refractivity (Wildman–Crippen MR) is 45.1 cm³/mol. The molecule has 0 unspecified atom stereocenters. The number of hydrogen-bond acceptors (Lipinski definition) is 3. The monoisotopic (exact) mass is 162 g/mol. The zero-order valence-corrected chi connectivity index (χ0v) is 6.87. The highest BCUT2D eigenvalue weighted by Gasteiger charge is 2.14. The van der Waals surface area contributed by atoms with Gasteiger partial charge < -0.3 is 0 Å². The summed E-state index contributed by atoms with van der Waals surface area (Å²) in [6.45, 7) is 3.73. The van der Waals surface area contributed by atoms with Crippen molar-refractivity contribution in [3.8, 4) is 0 Å².